The second-order valence-electron chi connectivity index (χ2n) is 6.42. The van der Waals surface area contributed by atoms with Crippen LogP contribution in [0.5, 0.6) is 0 Å². The van der Waals surface area contributed by atoms with Crippen LogP contribution in [-0.4, -0.2) is 60.7 Å². The Kier molecular flexibility index (Phi) is 4.94. The van der Waals surface area contributed by atoms with Gasteiger partial charge in [-0.1, -0.05) is 0 Å². The van der Waals surface area contributed by atoms with E-state index in [9.17, 15) is 9.59 Å². The fourth-order valence-corrected chi connectivity index (χ4v) is 3.14. The van der Waals surface area contributed by atoms with Gasteiger partial charge in [0.15, 0.2) is 0 Å². The number of rotatable bonds is 4. The van der Waals surface area contributed by atoms with Gasteiger partial charge in [0, 0.05) is 27.1 Å². The van der Waals surface area contributed by atoms with Gasteiger partial charge in [-0.15, -0.1) is 0 Å². The van der Waals surface area contributed by atoms with Crippen molar-refractivity contribution in [1.82, 2.24) is 20.6 Å². The number of aromatic nitrogens is 2. The number of anilines is 1. The van der Waals surface area contributed by atoms with Gasteiger partial charge in [-0.3, -0.25) is 9.59 Å². The number of ether oxygens (including phenoxy) is 1. The first kappa shape index (κ1) is 16.6. The summed E-state index contributed by atoms with van der Waals surface area (Å²) in [7, 11) is 3.72. The number of hydrogen-bond donors (Lipinski definition) is 2. The van der Waals surface area contributed by atoms with Gasteiger partial charge in [0.25, 0.3) is 5.91 Å². The maximum absolute atomic E-state index is 12.5. The maximum atomic E-state index is 12.5. The first-order valence-electron chi connectivity index (χ1n) is 8.26. The molecule has 3 heterocycles. The molecule has 3 atom stereocenters. The van der Waals surface area contributed by atoms with Crippen LogP contribution in [0.1, 0.15) is 36.2 Å². The summed E-state index contributed by atoms with van der Waals surface area (Å²) in [6, 6.07) is -0.347. The molecule has 8 heteroatoms. The minimum Gasteiger partial charge on any atom is -0.376 e. The van der Waals surface area contributed by atoms with Crippen molar-refractivity contribution in [3.05, 3.63) is 18.1 Å². The molecule has 0 radical (unpaired) electrons. The molecule has 0 saturated carbocycles. The fourth-order valence-electron chi connectivity index (χ4n) is 3.14. The van der Waals surface area contributed by atoms with E-state index in [0.29, 0.717) is 25.3 Å². The summed E-state index contributed by atoms with van der Waals surface area (Å²) < 4.78 is 5.70. The Hall–Kier alpha value is -2.22. The molecule has 1 aromatic heterocycles. The number of carbonyl (C=O) groups is 2. The quantitative estimate of drug-likeness (QED) is 0.811. The van der Waals surface area contributed by atoms with Crippen LogP contribution in [0.15, 0.2) is 12.4 Å². The molecule has 2 N–H and O–H groups in total. The zero-order valence-electron chi connectivity index (χ0n) is 14.0. The van der Waals surface area contributed by atoms with Gasteiger partial charge in [-0.25, -0.2) is 9.97 Å². The van der Waals surface area contributed by atoms with Crippen molar-refractivity contribution in [3.8, 4) is 0 Å². The number of piperidine rings is 1. The van der Waals surface area contributed by atoms with Crippen LogP contribution in [0.2, 0.25) is 0 Å². The van der Waals surface area contributed by atoms with Gasteiger partial charge in [-0.2, -0.15) is 0 Å². The van der Waals surface area contributed by atoms with Crippen molar-refractivity contribution >= 4 is 17.6 Å². The number of nitrogens with one attached hydrogen (secondary N) is 2. The summed E-state index contributed by atoms with van der Waals surface area (Å²) in [5.41, 5.74) is 0.267. The monoisotopic (exact) mass is 333 g/mol. The van der Waals surface area contributed by atoms with Crippen molar-refractivity contribution in [1.29, 1.82) is 0 Å². The molecule has 3 rings (SSSR count). The van der Waals surface area contributed by atoms with E-state index in [0.717, 1.165) is 12.8 Å². The molecule has 2 saturated heterocycles. The minimum atomic E-state index is -0.281. The summed E-state index contributed by atoms with van der Waals surface area (Å²) in [6.45, 7) is 0.704. The molecule has 0 spiro atoms. The predicted octanol–water partition coefficient (Wildman–Crippen LogP) is 0.0986. The van der Waals surface area contributed by atoms with Gasteiger partial charge < -0.3 is 20.3 Å². The molecule has 130 valence electrons. The summed E-state index contributed by atoms with van der Waals surface area (Å²) in [5.74, 6) is 0.418. The van der Waals surface area contributed by atoms with Crippen molar-refractivity contribution in [2.24, 2.45) is 0 Å². The number of carbonyl (C=O) groups excluding carboxylic acids is 2. The molecule has 2 aliphatic heterocycles. The Morgan fingerprint density at radius 2 is 2.17 bits per heavy atom. The van der Waals surface area contributed by atoms with Crippen LogP contribution >= 0.6 is 0 Å². The van der Waals surface area contributed by atoms with Crippen molar-refractivity contribution < 1.29 is 14.3 Å². The lowest BCUT2D eigenvalue weighted by molar-refractivity contribution is -0.125. The van der Waals surface area contributed by atoms with Crippen LogP contribution in [0.3, 0.4) is 0 Å². The van der Waals surface area contributed by atoms with E-state index in [4.69, 9.17) is 4.74 Å². The topological polar surface area (TPSA) is 96.5 Å². The Balaban J connectivity index is 1.68. The van der Waals surface area contributed by atoms with Crippen LogP contribution in [0, 0.1) is 0 Å². The highest BCUT2D eigenvalue weighted by molar-refractivity contribution is 5.92. The molecular weight excluding hydrogens is 310 g/mol. The zero-order valence-corrected chi connectivity index (χ0v) is 14.0. The van der Waals surface area contributed by atoms with E-state index in [1.54, 1.807) is 6.20 Å². The molecule has 24 heavy (non-hydrogen) atoms. The molecule has 1 aromatic rings. The van der Waals surface area contributed by atoms with Crippen molar-refractivity contribution in [3.63, 3.8) is 0 Å². The van der Waals surface area contributed by atoms with E-state index in [2.05, 4.69) is 20.6 Å². The SMILES string of the molecule is CN(C)c1cnc(C(=O)N[C@@H]2CCC(=O)N[C@H]2[C@H]2CCCO2)cn1. The third kappa shape index (κ3) is 3.64. The predicted molar refractivity (Wildman–Crippen MR) is 87.8 cm³/mol. The fraction of sp³-hybridized carbons (Fsp3) is 0.625. The standard InChI is InChI=1S/C16H23N5O3/c1-21(2)13-9-17-11(8-18-13)16(23)19-10-5-6-14(22)20-15(10)12-4-3-7-24-12/h8-10,12,15H,3-7H2,1-2H3,(H,19,23)(H,20,22)/t10-,12-,15-/m1/s1. The van der Waals surface area contributed by atoms with Crippen molar-refractivity contribution in [2.45, 2.75) is 43.9 Å². The maximum Gasteiger partial charge on any atom is 0.271 e. The molecule has 0 bridgehead atoms. The summed E-state index contributed by atoms with van der Waals surface area (Å²) in [6.07, 6.45) is 5.87. The normalized spacial score (nSPS) is 26.8. The Labute approximate surface area is 141 Å². The van der Waals surface area contributed by atoms with E-state index in [-0.39, 0.29) is 35.7 Å². The Bertz CT molecular complexity index is 598. The van der Waals surface area contributed by atoms with Crippen LogP contribution in [0.25, 0.3) is 0 Å². The number of amides is 2. The van der Waals surface area contributed by atoms with E-state index in [1.165, 1.54) is 6.20 Å². The number of nitrogens with zero attached hydrogens (tertiary/aromatic N) is 3. The minimum absolute atomic E-state index is 0.0103. The second kappa shape index (κ2) is 7.12. The Morgan fingerprint density at radius 3 is 2.79 bits per heavy atom. The summed E-state index contributed by atoms with van der Waals surface area (Å²) in [5, 5.41) is 5.95. The second-order valence-corrected chi connectivity index (χ2v) is 6.42. The highest BCUT2D eigenvalue weighted by Crippen LogP contribution is 2.22. The molecule has 2 amide bonds. The smallest absolute Gasteiger partial charge is 0.271 e. The van der Waals surface area contributed by atoms with Crippen LogP contribution in [0.4, 0.5) is 5.82 Å². The van der Waals surface area contributed by atoms with Crippen LogP contribution < -0.4 is 15.5 Å². The first-order valence-corrected chi connectivity index (χ1v) is 8.26. The van der Waals surface area contributed by atoms with Gasteiger partial charge >= 0.3 is 0 Å². The third-order valence-corrected chi connectivity index (χ3v) is 4.45. The average molecular weight is 333 g/mol. The lowest BCUT2D eigenvalue weighted by Gasteiger charge is -2.35. The lowest BCUT2D eigenvalue weighted by atomic mass is 9.92. The van der Waals surface area contributed by atoms with Crippen LogP contribution in [-0.2, 0) is 9.53 Å². The lowest BCUT2D eigenvalue weighted by Crippen LogP contribution is -2.60. The largest absolute Gasteiger partial charge is 0.376 e. The highest BCUT2D eigenvalue weighted by atomic mass is 16.5. The highest BCUT2D eigenvalue weighted by Gasteiger charge is 2.37. The van der Waals surface area contributed by atoms with Crippen molar-refractivity contribution in [2.75, 3.05) is 25.6 Å². The van der Waals surface area contributed by atoms with E-state index < -0.39 is 0 Å². The number of hydrogen-bond acceptors (Lipinski definition) is 6. The molecular formula is C16H23N5O3. The van der Waals surface area contributed by atoms with E-state index in [1.807, 2.05) is 19.0 Å². The first-order chi connectivity index (χ1) is 11.5. The van der Waals surface area contributed by atoms with Gasteiger partial charge in [0.2, 0.25) is 5.91 Å². The molecule has 2 aliphatic rings. The zero-order chi connectivity index (χ0) is 17.1. The molecule has 0 aromatic carbocycles. The van der Waals surface area contributed by atoms with Gasteiger partial charge in [0.1, 0.15) is 11.5 Å². The summed E-state index contributed by atoms with van der Waals surface area (Å²) >= 11 is 0. The Morgan fingerprint density at radius 1 is 1.33 bits per heavy atom. The molecule has 0 aliphatic carbocycles. The molecule has 0 unspecified atom stereocenters. The van der Waals surface area contributed by atoms with Gasteiger partial charge in [0.05, 0.1) is 30.6 Å². The molecule has 2 fully saturated rings. The summed E-state index contributed by atoms with van der Waals surface area (Å²) in [4.78, 5) is 34.4. The van der Waals surface area contributed by atoms with Gasteiger partial charge in [-0.05, 0) is 19.3 Å². The van der Waals surface area contributed by atoms with E-state index >= 15 is 0 Å². The average Bonchev–Trinajstić information content (AvgIpc) is 3.11. The third-order valence-electron chi connectivity index (χ3n) is 4.45. The molecule has 8 nitrogen and oxygen atoms in total.